The van der Waals surface area contributed by atoms with E-state index in [0.29, 0.717) is 0 Å². The number of rotatable bonds is 5. The second-order valence-electron chi connectivity index (χ2n) is 3.69. The van der Waals surface area contributed by atoms with Crippen molar-refractivity contribution in [1.82, 2.24) is 0 Å². The molecule has 0 fully saturated rings. The van der Waals surface area contributed by atoms with E-state index in [2.05, 4.69) is 18.7 Å². The Morgan fingerprint density at radius 3 is 2.57 bits per heavy atom. The Bertz CT molecular complexity index is 266. The number of aliphatic hydroxyl groups excluding tert-OH is 1. The average molecular weight is 190 g/mol. The maximum atomic E-state index is 9.71. The van der Waals surface area contributed by atoms with Crippen LogP contribution in [0.4, 0.5) is 0 Å². The van der Waals surface area contributed by atoms with Gasteiger partial charge in [0.25, 0.3) is 0 Å². The Labute approximate surface area is 86.1 Å². The van der Waals surface area contributed by atoms with Gasteiger partial charge >= 0.3 is 0 Å². The second-order valence-corrected chi connectivity index (χ2v) is 3.69. The van der Waals surface area contributed by atoms with E-state index in [4.69, 9.17) is 0 Å². The minimum Gasteiger partial charge on any atom is -0.393 e. The summed E-state index contributed by atoms with van der Waals surface area (Å²) in [6, 6.07) is 10.2. The monoisotopic (exact) mass is 190 g/mol. The van der Waals surface area contributed by atoms with Crippen LogP contribution in [-0.4, -0.2) is 11.2 Å². The second kappa shape index (κ2) is 5.61. The van der Waals surface area contributed by atoms with Crippen LogP contribution in [0.2, 0.25) is 0 Å². The lowest BCUT2D eigenvalue weighted by Crippen LogP contribution is -2.16. The molecule has 0 radical (unpaired) electrons. The molecule has 0 amide bonds. The molecule has 0 aliphatic carbocycles. The number of aryl methyl sites for hydroxylation is 1. The van der Waals surface area contributed by atoms with Crippen LogP contribution in [-0.2, 0) is 6.42 Å². The molecule has 1 aromatic rings. The topological polar surface area (TPSA) is 20.2 Å². The van der Waals surface area contributed by atoms with Crippen molar-refractivity contribution >= 4 is 0 Å². The van der Waals surface area contributed by atoms with Gasteiger partial charge in [0, 0.05) is 0 Å². The van der Waals surface area contributed by atoms with Crippen LogP contribution in [0.3, 0.4) is 0 Å². The summed E-state index contributed by atoms with van der Waals surface area (Å²) in [6.45, 7) is 5.67. The molecule has 1 nitrogen and oxygen atoms in total. The molecular weight excluding hydrogens is 172 g/mol. The minimum atomic E-state index is -0.271. The maximum absolute atomic E-state index is 9.71. The average Bonchev–Trinajstić information content (AvgIpc) is 2.26. The highest BCUT2D eigenvalue weighted by molar-refractivity contribution is 5.14. The van der Waals surface area contributed by atoms with E-state index in [9.17, 15) is 5.11 Å². The molecule has 0 heterocycles. The van der Waals surface area contributed by atoms with Crippen LogP contribution in [0.15, 0.2) is 43.0 Å². The van der Waals surface area contributed by atoms with Gasteiger partial charge < -0.3 is 5.11 Å². The fourth-order valence-corrected chi connectivity index (χ4v) is 1.38. The Balaban J connectivity index is 2.37. The first-order chi connectivity index (χ1) is 6.74. The number of hydrogen-bond acceptors (Lipinski definition) is 1. The molecule has 0 aromatic heterocycles. The molecule has 1 aromatic carbocycles. The van der Waals surface area contributed by atoms with E-state index < -0.39 is 0 Å². The zero-order valence-electron chi connectivity index (χ0n) is 8.69. The molecule has 0 saturated carbocycles. The molecule has 0 bridgehead atoms. The lowest BCUT2D eigenvalue weighted by atomic mass is 9.98. The van der Waals surface area contributed by atoms with E-state index in [1.807, 2.05) is 25.1 Å². The molecule has 0 spiro atoms. The Kier molecular flexibility index (Phi) is 4.41. The van der Waals surface area contributed by atoms with Crippen LogP contribution < -0.4 is 0 Å². The zero-order valence-corrected chi connectivity index (χ0v) is 8.69. The highest BCUT2D eigenvalue weighted by Crippen LogP contribution is 2.11. The molecule has 2 atom stereocenters. The lowest BCUT2D eigenvalue weighted by molar-refractivity contribution is 0.129. The van der Waals surface area contributed by atoms with Gasteiger partial charge in [-0.3, -0.25) is 0 Å². The third-order valence-corrected chi connectivity index (χ3v) is 2.55. The lowest BCUT2D eigenvalue weighted by Gasteiger charge is -2.14. The molecular formula is C13H18O. The largest absolute Gasteiger partial charge is 0.393 e. The standard InChI is InChI=1S/C13H18O/c1-3-11(2)13(14)10-9-12-7-5-4-6-8-12/h3-8,11,13-14H,1,9-10H2,2H3/t11-,13?/m0/s1. The van der Waals surface area contributed by atoms with Gasteiger partial charge in [0.2, 0.25) is 0 Å². The summed E-state index contributed by atoms with van der Waals surface area (Å²) in [6.07, 6.45) is 3.26. The minimum absolute atomic E-state index is 0.179. The molecule has 14 heavy (non-hydrogen) atoms. The molecule has 1 rings (SSSR count). The van der Waals surface area contributed by atoms with Gasteiger partial charge in [-0.2, -0.15) is 0 Å². The van der Waals surface area contributed by atoms with Crippen molar-refractivity contribution in [3.8, 4) is 0 Å². The number of aliphatic hydroxyl groups is 1. The highest BCUT2D eigenvalue weighted by atomic mass is 16.3. The zero-order chi connectivity index (χ0) is 10.4. The van der Waals surface area contributed by atoms with Crippen LogP contribution >= 0.6 is 0 Å². The van der Waals surface area contributed by atoms with Crippen LogP contribution in [0.5, 0.6) is 0 Å². The first-order valence-corrected chi connectivity index (χ1v) is 5.08. The Morgan fingerprint density at radius 1 is 1.36 bits per heavy atom. The first-order valence-electron chi connectivity index (χ1n) is 5.08. The highest BCUT2D eigenvalue weighted by Gasteiger charge is 2.09. The Hall–Kier alpha value is -1.08. The predicted molar refractivity (Wildman–Crippen MR) is 60.1 cm³/mol. The summed E-state index contributed by atoms with van der Waals surface area (Å²) >= 11 is 0. The van der Waals surface area contributed by atoms with Crippen LogP contribution in [0.25, 0.3) is 0 Å². The van der Waals surface area contributed by atoms with E-state index in [0.717, 1.165) is 12.8 Å². The molecule has 1 N–H and O–H groups in total. The van der Waals surface area contributed by atoms with E-state index in [1.54, 1.807) is 6.08 Å². The molecule has 0 saturated heterocycles. The van der Waals surface area contributed by atoms with Gasteiger partial charge in [-0.05, 0) is 24.3 Å². The van der Waals surface area contributed by atoms with Crippen molar-refractivity contribution < 1.29 is 5.11 Å². The van der Waals surface area contributed by atoms with Gasteiger partial charge in [-0.25, -0.2) is 0 Å². The smallest absolute Gasteiger partial charge is 0.0603 e. The Morgan fingerprint density at radius 2 is 2.00 bits per heavy atom. The molecule has 0 aliphatic rings. The molecule has 76 valence electrons. The summed E-state index contributed by atoms with van der Waals surface area (Å²) in [5.41, 5.74) is 1.28. The quantitative estimate of drug-likeness (QED) is 0.708. The summed E-state index contributed by atoms with van der Waals surface area (Å²) < 4.78 is 0. The van der Waals surface area contributed by atoms with Crippen molar-refractivity contribution in [1.29, 1.82) is 0 Å². The van der Waals surface area contributed by atoms with Gasteiger partial charge in [0.1, 0.15) is 0 Å². The van der Waals surface area contributed by atoms with Gasteiger partial charge in [0.15, 0.2) is 0 Å². The summed E-state index contributed by atoms with van der Waals surface area (Å²) in [7, 11) is 0. The first kappa shape index (κ1) is 11.0. The fourth-order valence-electron chi connectivity index (χ4n) is 1.38. The van der Waals surface area contributed by atoms with Crippen molar-refractivity contribution in [3.63, 3.8) is 0 Å². The van der Waals surface area contributed by atoms with Crippen molar-refractivity contribution in [2.75, 3.05) is 0 Å². The molecule has 1 unspecified atom stereocenters. The number of benzene rings is 1. The SMILES string of the molecule is C=C[C@H](C)C(O)CCc1ccccc1. The summed E-state index contributed by atoms with van der Waals surface area (Å²) in [5, 5.41) is 9.71. The summed E-state index contributed by atoms with van der Waals surface area (Å²) in [5.74, 6) is 0.179. The molecule has 0 aliphatic heterocycles. The van der Waals surface area contributed by atoms with Gasteiger partial charge in [0.05, 0.1) is 6.10 Å². The summed E-state index contributed by atoms with van der Waals surface area (Å²) in [4.78, 5) is 0. The van der Waals surface area contributed by atoms with Crippen LogP contribution in [0.1, 0.15) is 18.9 Å². The van der Waals surface area contributed by atoms with Crippen molar-refractivity contribution in [3.05, 3.63) is 48.6 Å². The van der Waals surface area contributed by atoms with Crippen LogP contribution in [0, 0.1) is 5.92 Å². The van der Waals surface area contributed by atoms with E-state index in [-0.39, 0.29) is 12.0 Å². The third kappa shape index (κ3) is 3.35. The normalized spacial score (nSPS) is 14.7. The maximum Gasteiger partial charge on any atom is 0.0603 e. The van der Waals surface area contributed by atoms with Gasteiger partial charge in [-0.1, -0.05) is 43.3 Å². The fraction of sp³-hybridized carbons (Fsp3) is 0.385. The van der Waals surface area contributed by atoms with Crippen molar-refractivity contribution in [2.45, 2.75) is 25.9 Å². The molecule has 1 heteroatoms. The van der Waals surface area contributed by atoms with Gasteiger partial charge in [-0.15, -0.1) is 6.58 Å². The third-order valence-electron chi connectivity index (χ3n) is 2.55. The predicted octanol–water partition coefficient (Wildman–Crippen LogP) is 2.80. The van der Waals surface area contributed by atoms with E-state index >= 15 is 0 Å². The number of hydrogen-bond donors (Lipinski definition) is 1. The van der Waals surface area contributed by atoms with E-state index in [1.165, 1.54) is 5.56 Å². The van der Waals surface area contributed by atoms with Crippen molar-refractivity contribution in [2.24, 2.45) is 5.92 Å².